The minimum Gasteiger partial charge on any atom is -0.223 e. The van der Waals surface area contributed by atoms with Crippen molar-refractivity contribution in [1.82, 2.24) is 0 Å². The Morgan fingerprint density at radius 1 is 1.00 bits per heavy atom. The third kappa shape index (κ3) is 3.28. The summed E-state index contributed by atoms with van der Waals surface area (Å²) in [5, 5.41) is 0. The molecule has 3 heteroatoms. The molecule has 0 atom stereocenters. The molecule has 20 heavy (non-hydrogen) atoms. The molecule has 0 aliphatic carbocycles. The zero-order chi connectivity index (χ0) is 14.8. The lowest BCUT2D eigenvalue weighted by Gasteiger charge is -2.12. The van der Waals surface area contributed by atoms with E-state index in [4.69, 9.17) is 0 Å². The van der Waals surface area contributed by atoms with Crippen LogP contribution in [0.15, 0.2) is 53.4 Å². The summed E-state index contributed by atoms with van der Waals surface area (Å²) < 4.78 is 24.7. The molecule has 0 aliphatic heterocycles. The van der Waals surface area contributed by atoms with E-state index < -0.39 is 9.84 Å². The predicted molar refractivity (Wildman–Crippen MR) is 82.6 cm³/mol. The van der Waals surface area contributed by atoms with Crippen molar-refractivity contribution in [3.8, 4) is 0 Å². The van der Waals surface area contributed by atoms with Crippen LogP contribution in [0.4, 0.5) is 0 Å². The third-order valence-corrected chi connectivity index (χ3v) is 5.13. The van der Waals surface area contributed by atoms with Gasteiger partial charge >= 0.3 is 0 Å². The van der Waals surface area contributed by atoms with Gasteiger partial charge in [-0.15, -0.1) is 0 Å². The van der Waals surface area contributed by atoms with E-state index in [0.717, 1.165) is 5.56 Å². The average molecular weight is 288 g/mol. The summed E-state index contributed by atoms with van der Waals surface area (Å²) in [6.45, 7) is 6.31. The van der Waals surface area contributed by atoms with Gasteiger partial charge in [0.1, 0.15) is 0 Å². The van der Waals surface area contributed by atoms with Crippen molar-refractivity contribution < 1.29 is 8.42 Å². The highest BCUT2D eigenvalue weighted by Gasteiger charge is 2.15. The topological polar surface area (TPSA) is 34.1 Å². The summed E-state index contributed by atoms with van der Waals surface area (Å²) in [6, 6.07) is 14.5. The van der Waals surface area contributed by atoms with Crippen molar-refractivity contribution in [3.05, 3.63) is 65.2 Å². The van der Waals surface area contributed by atoms with Gasteiger partial charge in [-0.2, -0.15) is 0 Å². The van der Waals surface area contributed by atoms with Crippen molar-refractivity contribution >= 4 is 9.84 Å². The van der Waals surface area contributed by atoms with Crippen LogP contribution in [0.1, 0.15) is 36.5 Å². The lowest BCUT2D eigenvalue weighted by Crippen LogP contribution is -2.05. The van der Waals surface area contributed by atoms with Crippen LogP contribution in [-0.4, -0.2) is 8.42 Å². The fourth-order valence-electron chi connectivity index (χ4n) is 2.33. The molecule has 0 spiro atoms. The van der Waals surface area contributed by atoms with Crippen LogP contribution in [-0.2, 0) is 15.6 Å². The molecule has 0 N–H and O–H groups in total. The molecule has 0 radical (unpaired) electrons. The Balaban J connectivity index is 2.33. The minimum absolute atomic E-state index is 0.0526. The van der Waals surface area contributed by atoms with Crippen molar-refractivity contribution in [2.75, 3.05) is 0 Å². The van der Waals surface area contributed by atoms with Crippen molar-refractivity contribution in [2.24, 2.45) is 0 Å². The predicted octanol–water partition coefficient (Wildman–Crippen LogP) is 4.09. The standard InChI is InChI=1S/C17H20O2S/c1-13(2)17-11-15(10-9-14(17)3)12-20(18,19)16-7-5-4-6-8-16/h4-11,13H,12H2,1-3H3. The van der Waals surface area contributed by atoms with Gasteiger partial charge in [0, 0.05) is 0 Å². The van der Waals surface area contributed by atoms with Crippen LogP contribution in [0.25, 0.3) is 0 Å². The monoisotopic (exact) mass is 288 g/mol. The number of sulfone groups is 1. The van der Waals surface area contributed by atoms with Crippen molar-refractivity contribution in [3.63, 3.8) is 0 Å². The van der Waals surface area contributed by atoms with E-state index in [9.17, 15) is 8.42 Å². The molecule has 2 aromatic carbocycles. The first-order valence-corrected chi connectivity index (χ1v) is 8.42. The molecule has 0 fully saturated rings. The van der Waals surface area contributed by atoms with Gasteiger partial charge in [0.25, 0.3) is 0 Å². The molecular weight excluding hydrogens is 268 g/mol. The number of rotatable bonds is 4. The second-order valence-corrected chi connectivity index (χ2v) is 7.41. The Morgan fingerprint density at radius 2 is 1.65 bits per heavy atom. The van der Waals surface area contributed by atoms with Crippen LogP contribution in [0, 0.1) is 6.92 Å². The molecular formula is C17H20O2S. The lowest BCUT2D eigenvalue weighted by molar-refractivity contribution is 0.595. The summed E-state index contributed by atoms with van der Waals surface area (Å²) in [7, 11) is -3.27. The Hall–Kier alpha value is -1.61. The zero-order valence-electron chi connectivity index (χ0n) is 12.1. The van der Waals surface area contributed by atoms with E-state index in [2.05, 4.69) is 20.8 Å². The molecule has 0 saturated heterocycles. The number of hydrogen-bond acceptors (Lipinski definition) is 2. The van der Waals surface area contributed by atoms with E-state index in [1.807, 2.05) is 24.3 Å². The molecule has 2 nitrogen and oxygen atoms in total. The summed E-state index contributed by atoms with van der Waals surface area (Å²) in [6.07, 6.45) is 0. The Kier molecular flexibility index (Phi) is 4.29. The van der Waals surface area contributed by atoms with Gasteiger partial charge in [-0.05, 0) is 41.7 Å². The summed E-state index contributed by atoms with van der Waals surface area (Å²) in [4.78, 5) is 0.381. The number of hydrogen-bond donors (Lipinski definition) is 0. The molecule has 0 aliphatic rings. The van der Waals surface area contributed by atoms with Crippen LogP contribution in [0.3, 0.4) is 0 Å². The summed E-state index contributed by atoms with van der Waals surface area (Å²) >= 11 is 0. The van der Waals surface area contributed by atoms with E-state index in [0.29, 0.717) is 10.8 Å². The summed E-state index contributed by atoms with van der Waals surface area (Å²) in [5.74, 6) is 0.450. The molecule has 106 valence electrons. The number of benzene rings is 2. The third-order valence-electron chi connectivity index (χ3n) is 3.42. The Labute approximate surface area is 121 Å². The van der Waals surface area contributed by atoms with E-state index >= 15 is 0 Å². The highest BCUT2D eigenvalue weighted by atomic mass is 32.2. The largest absolute Gasteiger partial charge is 0.223 e. The average Bonchev–Trinajstić information content (AvgIpc) is 2.41. The maximum atomic E-state index is 12.4. The highest BCUT2D eigenvalue weighted by molar-refractivity contribution is 7.90. The molecule has 0 aromatic heterocycles. The highest BCUT2D eigenvalue weighted by Crippen LogP contribution is 2.23. The SMILES string of the molecule is Cc1ccc(CS(=O)(=O)c2ccccc2)cc1C(C)C. The first-order valence-electron chi connectivity index (χ1n) is 6.77. The fraction of sp³-hybridized carbons (Fsp3) is 0.294. The van der Waals surface area contributed by atoms with E-state index in [-0.39, 0.29) is 5.75 Å². The van der Waals surface area contributed by atoms with E-state index in [1.54, 1.807) is 24.3 Å². The van der Waals surface area contributed by atoms with Crippen molar-refractivity contribution in [2.45, 2.75) is 37.3 Å². The normalized spacial score (nSPS) is 11.8. The Morgan fingerprint density at radius 3 is 2.25 bits per heavy atom. The lowest BCUT2D eigenvalue weighted by atomic mass is 9.96. The van der Waals surface area contributed by atoms with Gasteiger partial charge in [-0.25, -0.2) is 8.42 Å². The number of aryl methyl sites for hydroxylation is 1. The summed E-state index contributed by atoms with van der Waals surface area (Å²) in [5.41, 5.74) is 3.27. The molecule has 2 aromatic rings. The van der Waals surface area contributed by atoms with Crippen LogP contribution in [0.2, 0.25) is 0 Å². The van der Waals surface area contributed by atoms with Crippen molar-refractivity contribution in [1.29, 1.82) is 0 Å². The molecule has 0 saturated carbocycles. The molecule has 0 unspecified atom stereocenters. The molecule has 0 bridgehead atoms. The first-order chi connectivity index (χ1) is 9.40. The first kappa shape index (κ1) is 14.8. The van der Waals surface area contributed by atoms with Crippen LogP contribution >= 0.6 is 0 Å². The van der Waals surface area contributed by atoms with Crippen LogP contribution < -0.4 is 0 Å². The van der Waals surface area contributed by atoms with Crippen LogP contribution in [0.5, 0.6) is 0 Å². The maximum Gasteiger partial charge on any atom is 0.182 e. The Bertz CT molecular complexity index is 686. The molecule has 2 rings (SSSR count). The van der Waals surface area contributed by atoms with Gasteiger partial charge in [-0.3, -0.25) is 0 Å². The molecule has 0 amide bonds. The van der Waals surface area contributed by atoms with Gasteiger partial charge < -0.3 is 0 Å². The second kappa shape index (κ2) is 5.80. The van der Waals surface area contributed by atoms with Gasteiger partial charge in [0.15, 0.2) is 9.84 Å². The quantitative estimate of drug-likeness (QED) is 0.849. The minimum atomic E-state index is -3.27. The fourth-order valence-corrected chi connectivity index (χ4v) is 3.69. The zero-order valence-corrected chi connectivity index (χ0v) is 12.9. The molecule has 0 heterocycles. The van der Waals surface area contributed by atoms with Gasteiger partial charge in [0.2, 0.25) is 0 Å². The maximum absolute atomic E-state index is 12.4. The van der Waals surface area contributed by atoms with Gasteiger partial charge in [-0.1, -0.05) is 50.2 Å². The smallest absolute Gasteiger partial charge is 0.182 e. The van der Waals surface area contributed by atoms with E-state index in [1.165, 1.54) is 11.1 Å². The second-order valence-electron chi connectivity index (χ2n) is 5.42. The van der Waals surface area contributed by atoms with Gasteiger partial charge in [0.05, 0.1) is 10.6 Å².